The van der Waals surface area contributed by atoms with Crippen LogP contribution in [-0.4, -0.2) is 74.6 Å². The molecule has 0 heterocycles. The lowest BCUT2D eigenvalue weighted by Crippen LogP contribution is -2.29. The van der Waals surface area contributed by atoms with Gasteiger partial charge in [-0.25, -0.2) is 9.59 Å². The number of carboxylic acids is 2. The number of aryl methyl sites for hydroxylation is 2. The smallest absolute Gasteiger partial charge is 0.339 e. The molecule has 0 unspecified atom stereocenters. The zero-order valence-electron chi connectivity index (χ0n) is 37.8. The highest BCUT2D eigenvalue weighted by Crippen LogP contribution is 2.59. The molecule has 10 rings (SSSR count). The van der Waals surface area contributed by atoms with Gasteiger partial charge in [0, 0.05) is 45.5 Å². The molecule has 0 radical (unpaired) electrons. The molecule has 14 heteroatoms. The number of carboxylic acid groups (broad SMARTS) is 2. The summed E-state index contributed by atoms with van der Waals surface area (Å²) >= 11 is 0. The fourth-order valence-corrected chi connectivity index (χ4v) is 11.4. The van der Waals surface area contributed by atoms with Crippen LogP contribution >= 0.6 is 0 Å². The van der Waals surface area contributed by atoms with E-state index < -0.39 is 81.3 Å². The Morgan fingerprint density at radius 1 is 0.443 bits per heavy atom. The normalized spacial score (nSPS) is 15.1. The first-order valence-corrected chi connectivity index (χ1v) is 23.1. The average molecular weight is 943 g/mol. The molecule has 70 heavy (non-hydrogen) atoms. The molecule has 0 aromatic heterocycles. The zero-order valence-corrected chi connectivity index (χ0v) is 37.8. The second-order valence-corrected chi connectivity index (χ2v) is 18.4. The van der Waals surface area contributed by atoms with Crippen molar-refractivity contribution in [2.75, 3.05) is 0 Å². The van der Waals surface area contributed by atoms with Crippen LogP contribution in [0.4, 0.5) is 0 Å². The standard InChI is InChI=1S/C56H46O14/c1-3-5-7-9-23-15-25-11-13-29-31(39(25)51(63)41(23)55(67)68)21-35-43(33-17-27(57)19-37(59)45(33)53(65)47(35)49(29)61)44-34-18-28(58)20-38(60)46(34)54(66)48-36(44)22-32-30(50(48)62)14-12-26-16-24(10-8-6-4-2)42(56(69)70)52(64)40(26)32/h11-22,43-44,57-64H,3-10H2,1-2H3,(H,67,68)(H,69,70)/t43-,44-/m0/s1. The van der Waals surface area contributed by atoms with Gasteiger partial charge >= 0.3 is 11.9 Å². The maximum atomic E-state index is 14.9. The monoisotopic (exact) mass is 942 g/mol. The first-order valence-electron chi connectivity index (χ1n) is 23.1. The topological polar surface area (TPSA) is 271 Å². The predicted octanol–water partition coefficient (Wildman–Crippen LogP) is 10.9. The van der Waals surface area contributed by atoms with Gasteiger partial charge in [-0.3, -0.25) is 9.59 Å². The number of hydrogen-bond donors (Lipinski definition) is 10. The van der Waals surface area contributed by atoms with Gasteiger partial charge < -0.3 is 51.1 Å². The van der Waals surface area contributed by atoms with Gasteiger partial charge in [0.2, 0.25) is 11.6 Å². The summed E-state index contributed by atoms with van der Waals surface area (Å²) in [5.41, 5.74) is -1.52. The highest BCUT2D eigenvalue weighted by Gasteiger charge is 2.47. The Hall–Kier alpha value is -8.52. The van der Waals surface area contributed by atoms with Crippen molar-refractivity contribution in [3.63, 3.8) is 0 Å². The van der Waals surface area contributed by atoms with E-state index in [0.29, 0.717) is 47.6 Å². The lowest BCUT2D eigenvalue weighted by Gasteiger charge is -2.39. The van der Waals surface area contributed by atoms with Gasteiger partial charge in [0.05, 0.1) is 22.3 Å². The molecule has 2 aliphatic rings. The number of hydrogen-bond acceptors (Lipinski definition) is 12. The number of benzene rings is 8. The van der Waals surface area contributed by atoms with Crippen LogP contribution in [0.15, 0.2) is 72.8 Å². The Morgan fingerprint density at radius 2 is 0.814 bits per heavy atom. The number of phenols is 8. The molecule has 2 atom stereocenters. The van der Waals surface area contributed by atoms with E-state index >= 15 is 0 Å². The minimum Gasteiger partial charge on any atom is -0.508 e. The SMILES string of the molecule is CCCCCc1cc2ccc3c(O)c4c(cc3c2c(O)c1C(=O)O)[C@@H]([C@H]1c2cc(O)cc(O)c2C(=O)c2c1cc1c(ccc3cc(CCCCC)c(C(=O)O)c(O)c31)c2O)c1cc(O)cc(O)c1C4=O. The Labute approximate surface area is 398 Å². The molecule has 0 saturated carbocycles. The van der Waals surface area contributed by atoms with Gasteiger partial charge in [-0.15, -0.1) is 0 Å². The summed E-state index contributed by atoms with van der Waals surface area (Å²) in [5, 5.41) is 116. The van der Waals surface area contributed by atoms with Crippen LogP contribution < -0.4 is 0 Å². The summed E-state index contributed by atoms with van der Waals surface area (Å²) in [6.07, 6.45) is 5.31. The summed E-state index contributed by atoms with van der Waals surface area (Å²) in [5.74, 6) is -12.2. The van der Waals surface area contributed by atoms with Gasteiger partial charge in [0.1, 0.15) is 57.1 Å². The minimum absolute atomic E-state index is 0.0202. The molecule has 8 aromatic carbocycles. The fraction of sp³-hybridized carbons (Fsp3) is 0.214. The van der Waals surface area contributed by atoms with E-state index in [4.69, 9.17) is 0 Å². The third kappa shape index (κ3) is 6.61. The lowest BCUT2D eigenvalue weighted by molar-refractivity contribution is 0.0681. The Bertz CT molecular complexity index is 3440. The van der Waals surface area contributed by atoms with E-state index in [2.05, 4.69) is 0 Å². The molecule has 0 bridgehead atoms. The van der Waals surface area contributed by atoms with Crippen molar-refractivity contribution in [3.8, 4) is 46.0 Å². The van der Waals surface area contributed by atoms with Crippen molar-refractivity contribution >= 4 is 66.6 Å². The summed E-state index contributed by atoms with van der Waals surface area (Å²) in [6.45, 7) is 4.00. The van der Waals surface area contributed by atoms with Crippen LogP contribution in [0.1, 0.15) is 150 Å². The van der Waals surface area contributed by atoms with Crippen LogP contribution in [0.2, 0.25) is 0 Å². The van der Waals surface area contributed by atoms with E-state index in [-0.39, 0.29) is 88.0 Å². The van der Waals surface area contributed by atoms with E-state index in [1.54, 1.807) is 24.3 Å². The Kier molecular flexibility index (Phi) is 10.7. The second kappa shape index (κ2) is 16.6. The van der Waals surface area contributed by atoms with Gasteiger partial charge in [-0.05, 0) is 129 Å². The molecule has 10 N–H and O–H groups in total. The molecule has 14 nitrogen and oxygen atoms in total. The van der Waals surface area contributed by atoms with Gasteiger partial charge in [-0.1, -0.05) is 51.7 Å². The molecule has 354 valence electrons. The van der Waals surface area contributed by atoms with Crippen LogP contribution in [-0.2, 0) is 12.8 Å². The number of fused-ring (bicyclic) bond motifs is 10. The molecule has 8 aromatic rings. The van der Waals surface area contributed by atoms with E-state index in [9.17, 15) is 70.2 Å². The van der Waals surface area contributed by atoms with Crippen molar-refractivity contribution in [1.29, 1.82) is 0 Å². The summed E-state index contributed by atoms with van der Waals surface area (Å²) < 4.78 is 0. The number of phenolic OH excluding ortho intramolecular Hbond substituents is 6. The first kappa shape index (κ1) is 45.3. The number of ketones is 2. The third-order valence-corrected chi connectivity index (χ3v) is 14.3. The number of carbonyl (C=O) groups excluding carboxylic acids is 2. The van der Waals surface area contributed by atoms with Crippen molar-refractivity contribution in [2.24, 2.45) is 0 Å². The molecule has 0 aliphatic heterocycles. The molecule has 0 spiro atoms. The maximum absolute atomic E-state index is 14.9. The predicted molar refractivity (Wildman–Crippen MR) is 260 cm³/mol. The van der Waals surface area contributed by atoms with Gasteiger partial charge in [0.15, 0.2) is 0 Å². The first-order chi connectivity index (χ1) is 33.5. The lowest BCUT2D eigenvalue weighted by atomic mass is 9.63. The van der Waals surface area contributed by atoms with Crippen molar-refractivity contribution in [3.05, 3.63) is 140 Å². The Balaban J connectivity index is 1.35. The molecule has 0 saturated heterocycles. The molecule has 0 fully saturated rings. The number of carbonyl (C=O) groups is 4. The van der Waals surface area contributed by atoms with Crippen molar-refractivity contribution in [2.45, 2.75) is 77.0 Å². The zero-order chi connectivity index (χ0) is 49.8. The van der Waals surface area contributed by atoms with E-state index in [1.165, 1.54) is 36.4 Å². The van der Waals surface area contributed by atoms with E-state index in [0.717, 1.165) is 37.8 Å². The van der Waals surface area contributed by atoms with Crippen LogP contribution in [0.3, 0.4) is 0 Å². The number of rotatable bonds is 11. The largest absolute Gasteiger partial charge is 0.508 e. The highest BCUT2D eigenvalue weighted by atomic mass is 16.4. The van der Waals surface area contributed by atoms with Crippen molar-refractivity contribution < 1.29 is 70.2 Å². The molecule has 2 aliphatic carbocycles. The van der Waals surface area contributed by atoms with Gasteiger partial charge in [-0.2, -0.15) is 0 Å². The summed E-state index contributed by atoms with van der Waals surface area (Å²) in [4.78, 5) is 55.5. The Morgan fingerprint density at radius 3 is 1.17 bits per heavy atom. The number of unbranched alkanes of at least 4 members (excludes halogenated alkanes) is 4. The maximum Gasteiger partial charge on any atom is 0.339 e. The molecular weight excluding hydrogens is 897 g/mol. The highest BCUT2D eigenvalue weighted by molar-refractivity contribution is 6.25. The van der Waals surface area contributed by atoms with E-state index in [1.807, 2.05) is 13.8 Å². The van der Waals surface area contributed by atoms with Crippen LogP contribution in [0, 0.1) is 0 Å². The summed E-state index contributed by atoms with van der Waals surface area (Å²) in [6, 6.07) is 16.7. The summed E-state index contributed by atoms with van der Waals surface area (Å²) in [7, 11) is 0. The van der Waals surface area contributed by atoms with Gasteiger partial charge in [0.25, 0.3) is 0 Å². The quantitative estimate of drug-likeness (QED) is 0.0427. The van der Waals surface area contributed by atoms with Crippen molar-refractivity contribution in [1.82, 2.24) is 0 Å². The number of aromatic hydroxyl groups is 8. The molecule has 0 amide bonds. The minimum atomic E-state index is -1.41. The third-order valence-electron chi connectivity index (χ3n) is 14.3. The fourth-order valence-electron chi connectivity index (χ4n) is 11.4. The average Bonchev–Trinajstić information content (AvgIpc) is 3.28. The van der Waals surface area contributed by atoms with Crippen LogP contribution in [0.25, 0.3) is 43.1 Å². The van der Waals surface area contributed by atoms with Crippen LogP contribution in [0.5, 0.6) is 46.0 Å². The molecular formula is C56H46O14. The number of aromatic carboxylic acids is 2. The second-order valence-electron chi connectivity index (χ2n) is 18.4.